The molecular weight excluding hydrogens is 480 g/mol. The van der Waals surface area contributed by atoms with E-state index >= 15 is 0 Å². The third-order valence-corrected chi connectivity index (χ3v) is 6.16. The highest BCUT2D eigenvalue weighted by molar-refractivity contribution is 6.31. The summed E-state index contributed by atoms with van der Waals surface area (Å²) in [7, 11) is 1.50. The molecule has 5 N–H and O–H groups in total. The lowest BCUT2D eigenvalue weighted by atomic mass is 9.87. The van der Waals surface area contributed by atoms with Crippen molar-refractivity contribution in [2.45, 2.75) is 36.6 Å². The number of aliphatic hydroxyl groups excluding tert-OH is 4. The molecule has 1 saturated heterocycles. The lowest BCUT2D eigenvalue weighted by Gasteiger charge is -2.45. The first-order valence-corrected chi connectivity index (χ1v) is 11.1. The minimum Gasteiger partial charge on any atom is -0.480 e. The first kappa shape index (κ1) is 25.3. The fourth-order valence-electron chi connectivity index (χ4n) is 3.81. The summed E-state index contributed by atoms with van der Waals surface area (Å²) in [6.45, 7) is -0.662. The average Bonchev–Trinajstić information content (AvgIpc) is 2.88. The van der Waals surface area contributed by atoms with E-state index in [-0.39, 0.29) is 5.56 Å². The van der Waals surface area contributed by atoms with Crippen LogP contribution < -0.4 is 9.47 Å². The van der Waals surface area contributed by atoms with Crippen LogP contribution in [0.1, 0.15) is 16.7 Å². The van der Waals surface area contributed by atoms with Crippen LogP contribution in [0, 0.1) is 0 Å². The summed E-state index contributed by atoms with van der Waals surface area (Å²) in [4.78, 5) is 0. The minimum atomic E-state index is -2.36. The van der Waals surface area contributed by atoms with Gasteiger partial charge in [-0.2, -0.15) is 0 Å². The second-order valence-electron chi connectivity index (χ2n) is 8.10. The first-order valence-electron chi connectivity index (χ1n) is 10.7. The van der Waals surface area contributed by atoms with Gasteiger partial charge in [-0.3, -0.25) is 0 Å². The summed E-state index contributed by atoms with van der Waals surface area (Å²) in [5.41, 5.74) is 1.61. The molecule has 0 saturated carbocycles. The van der Waals surface area contributed by atoms with Crippen molar-refractivity contribution in [3.63, 3.8) is 0 Å². The molecule has 1 aliphatic heterocycles. The fraction of sp³-hybridized carbons (Fsp3) is 0.333. The molecular formula is C24H25ClN2O8. The Bertz CT molecular complexity index is 1150. The van der Waals surface area contributed by atoms with Gasteiger partial charge >= 0.3 is 0 Å². The Labute approximate surface area is 205 Å². The predicted octanol–water partition coefficient (Wildman–Crippen LogP) is 1.14. The van der Waals surface area contributed by atoms with Gasteiger partial charge in [0.05, 0.1) is 13.7 Å². The van der Waals surface area contributed by atoms with Gasteiger partial charge in [-0.1, -0.05) is 29.8 Å². The van der Waals surface area contributed by atoms with E-state index in [4.69, 9.17) is 25.8 Å². The topological polar surface area (TPSA) is 155 Å². The van der Waals surface area contributed by atoms with Gasteiger partial charge in [0.1, 0.15) is 30.2 Å². The number of nitrogens with zero attached hydrogens (tertiary/aromatic N) is 2. The van der Waals surface area contributed by atoms with Crippen molar-refractivity contribution in [1.82, 2.24) is 10.2 Å². The van der Waals surface area contributed by atoms with Gasteiger partial charge in [0.2, 0.25) is 17.5 Å². The standard InChI is InChI=1S/C24H25ClN2O8/c1-33-19-8-9-20(27-26-19)34-16-5-2-13(3-6-16)10-14-11-15(4-7-17(14)25)24(32)23(31)22(30)21(29)18(12-28)35-24/h2-9,11,18,21-23,28-32H,10,12H2,1H3/t18-,21-,22+,23-,24-/m1/s1. The molecule has 0 radical (unpaired) electrons. The van der Waals surface area contributed by atoms with E-state index in [1.807, 2.05) is 12.1 Å². The maximum atomic E-state index is 11.1. The van der Waals surface area contributed by atoms with Gasteiger partial charge in [0, 0.05) is 22.7 Å². The Morgan fingerprint density at radius 2 is 1.66 bits per heavy atom. The van der Waals surface area contributed by atoms with Crippen LogP contribution in [0.2, 0.25) is 5.02 Å². The number of ether oxygens (including phenoxy) is 3. The quantitative estimate of drug-likeness (QED) is 0.316. The van der Waals surface area contributed by atoms with Crippen LogP contribution in [-0.4, -0.2) is 73.9 Å². The maximum absolute atomic E-state index is 11.1. The molecule has 0 amide bonds. The number of halogens is 1. The maximum Gasteiger partial charge on any atom is 0.239 e. The number of rotatable bonds is 7. The zero-order chi connectivity index (χ0) is 25.2. The number of methoxy groups -OCH3 is 1. The van der Waals surface area contributed by atoms with Crippen molar-refractivity contribution >= 4 is 11.6 Å². The molecule has 1 aliphatic rings. The molecule has 3 aromatic rings. The molecule has 0 unspecified atom stereocenters. The van der Waals surface area contributed by atoms with Gasteiger partial charge in [0.25, 0.3) is 0 Å². The summed E-state index contributed by atoms with van der Waals surface area (Å²) in [5.74, 6) is -1.13. The van der Waals surface area contributed by atoms with Crippen LogP contribution in [0.5, 0.6) is 17.5 Å². The molecule has 1 fully saturated rings. The van der Waals surface area contributed by atoms with Gasteiger partial charge < -0.3 is 39.7 Å². The molecule has 5 atom stereocenters. The molecule has 4 rings (SSSR count). The van der Waals surface area contributed by atoms with E-state index in [2.05, 4.69) is 10.2 Å². The van der Waals surface area contributed by atoms with Crippen molar-refractivity contribution in [3.05, 3.63) is 76.3 Å². The van der Waals surface area contributed by atoms with E-state index in [1.165, 1.54) is 19.2 Å². The van der Waals surface area contributed by atoms with Crippen LogP contribution >= 0.6 is 11.6 Å². The van der Waals surface area contributed by atoms with E-state index in [0.717, 1.165) is 5.56 Å². The Morgan fingerprint density at radius 3 is 2.29 bits per heavy atom. The number of aromatic nitrogens is 2. The molecule has 35 heavy (non-hydrogen) atoms. The third kappa shape index (κ3) is 5.24. The summed E-state index contributed by atoms with van der Waals surface area (Å²) < 4.78 is 16.0. The fourth-order valence-corrected chi connectivity index (χ4v) is 4.00. The molecule has 186 valence electrons. The Hall–Kier alpha value is -2.83. The summed E-state index contributed by atoms with van der Waals surface area (Å²) in [6.07, 6.45) is -6.07. The predicted molar refractivity (Wildman–Crippen MR) is 123 cm³/mol. The number of hydrogen-bond acceptors (Lipinski definition) is 10. The second-order valence-corrected chi connectivity index (χ2v) is 8.51. The lowest BCUT2D eigenvalue weighted by molar-refractivity contribution is -0.357. The Balaban J connectivity index is 1.52. The van der Waals surface area contributed by atoms with Gasteiger partial charge in [-0.05, 0) is 41.8 Å². The Kier molecular flexibility index (Phi) is 7.53. The molecule has 0 spiro atoms. The summed E-state index contributed by atoms with van der Waals surface area (Å²) in [5, 5.41) is 59.2. The zero-order valence-electron chi connectivity index (χ0n) is 18.7. The number of hydrogen-bond donors (Lipinski definition) is 5. The highest BCUT2D eigenvalue weighted by atomic mass is 35.5. The van der Waals surface area contributed by atoms with E-state index in [1.54, 1.807) is 30.3 Å². The van der Waals surface area contributed by atoms with Gasteiger partial charge in [-0.15, -0.1) is 10.2 Å². The molecule has 1 aromatic heterocycles. The molecule has 2 aromatic carbocycles. The van der Waals surface area contributed by atoms with E-state index in [0.29, 0.717) is 34.5 Å². The zero-order valence-corrected chi connectivity index (χ0v) is 19.4. The molecule has 11 heteroatoms. The number of aliphatic hydroxyl groups is 5. The first-order chi connectivity index (χ1) is 16.7. The highest BCUT2D eigenvalue weighted by Gasteiger charge is 2.53. The molecule has 2 heterocycles. The molecule has 0 bridgehead atoms. The SMILES string of the molecule is COc1ccc(Oc2ccc(Cc3cc([C@@]4(O)O[C@H](CO)[C@@H](O)[C@H](O)[C@H]4O)ccc3Cl)cc2)nn1. The largest absolute Gasteiger partial charge is 0.480 e. The van der Waals surface area contributed by atoms with Crippen LogP contribution in [0.4, 0.5) is 0 Å². The molecule has 10 nitrogen and oxygen atoms in total. The second kappa shape index (κ2) is 10.4. The average molecular weight is 505 g/mol. The van der Waals surface area contributed by atoms with Crippen LogP contribution in [-0.2, 0) is 16.9 Å². The van der Waals surface area contributed by atoms with Crippen molar-refractivity contribution in [1.29, 1.82) is 0 Å². The van der Waals surface area contributed by atoms with E-state index in [9.17, 15) is 25.5 Å². The Morgan fingerprint density at radius 1 is 0.971 bits per heavy atom. The van der Waals surface area contributed by atoms with Crippen molar-refractivity contribution in [3.8, 4) is 17.5 Å². The monoisotopic (exact) mass is 504 g/mol. The van der Waals surface area contributed by atoms with Crippen molar-refractivity contribution < 1.29 is 39.7 Å². The smallest absolute Gasteiger partial charge is 0.239 e. The third-order valence-electron chi connectivity index (χ3n) is 5.79. The van der Waals surface area contributed by atoms with Gasteiger partial charge in [-0.25, -0.2) is 0 Å². The number of benzene rings is 2. The summed E-state index contributed by atoms with van der Waals surface area (Å²) in [6, 6.07) is 15.0. The van der Waals surface area contributed by atoms with Crippen LogP contribution in [0.25, 0.3) is 0 Å². The van der Waals surface area contributed by atoms with E-state index < -0.39 is 36.8 Å². The minimum absolute atomic E-state index is 0.117. The summed E-state index contributed by atoms with van der Waals surface area (Å²) >= 11 is 6.37. The van der Waals surface area contributed by atoms with Crippen LogP contribution in [0.3, 0.4) is 0 Å². The lowest BCUT2D eigenvalue weighted by Crippen LogP contribution is -2.63. The van der Waals surface area contributed by atoms with Crippen molar-refractivity contribution in [2.24, 2.45) is 0 Å². The normalized spacial score (nSPS) is 26.4. The van der Waals surface area contributed by atoms with Crippen molar-refractivity contribution in [2.75, 3.05) is 13.7 Å². The van der Waals surface area contributed by atoms with Crippen LogP contribution in [0.15, 0.2) is 54.6 Å². The van der Waals surface area contributed by atoms with Gasteiger partial charge in [0.15, 0.2) is 0 Å². The molecule has 0 aliphatic carbocycles. The highest BCUT2D eigenvalue weighted by Crippen LogP contribution is 2.38.